The van der Waals surface area contributed by atoms with Crippen LogP contribution >= 0.6 is 0 Å². The second kappa shape index (κ2) is 11.9. The Balaban J connectivity index is 1.43. The van der Waals surface area contributed by atoms with E-state index in [1.807, 2.05) is 6.08 Å². The molecule has 2 aromatic carbocycles. The molecule has 0 saturated heterocycles. The normalized spacial score (nSPS) is 18.1. The first kappa shape index (κ1) is 24.1. The van der Waals surface area contributed by atoms with Crippen molar-refractivity contribution in [2.45, 2.75) is 45.1 Å². The van der Waals surface area contributed by atoms with Crippen LogP contribution in [-0.2, 0) is 20.9 Å². The highest BCUT2D eigenvalue weighted by Gasteiger charge is 2.27. The molecule has 0 aliphatic heterocycles. The van der Waals surface area contributed by atoms with Crippen molar-refractivity contribution in [1.29, 1.82) is 0 Å². The van der Waals surface area contributed by atoms with E-state index in [0.717, 1.165) is 44.1 Å². The lowest BCUT2D eigenvalue weighted by Crippen LogP contribution is -2.25. The number of hydrogen-bond acceptors (Lipinski definition) is 6. The molecule has 0 aromatic heterocycles. The molecule has 6 nitrogen and oxygen atoms in total. The summed E-state index contributed by atoms with van der Waals surface area (Å²) >= 11 is 0. The summed E-state index contributed by atoms with van der Waals surface area (Å²) in [7, 11) is 0. The number of nitrogens with two attached hydrogens (primary N) is 2. The van der Waals surface area contributed by atoms with E-state index in [0.29, 0.717) is 28.6 Å². The number of rotatable bonds is 9. The number of esters is 2. The molecule has 2 aromatic rings. The number of nitrogen functional groups attached to an aromatic ring is 2. The highest BCUT2D eigenvalue weighted by Crippen LogP contribution is 2.32. The van der Waals surface area contributed by atoms with E-state index in [1.54, 1.807) is 48.5 Å². The van der Waals surface area contributed by atoms with E-state index in [-0.39, 0.29) is 18.5 Å². The third-order valence-corrected chi connectivity index (χ3v) is 6.01. The maximum atomic E-state index is 12.5. The fourth-order valence-electron chi connectivity index (χ4n) is 3.99. The molecule has 0 amide bonds. The van der Waals surface area contributed by atoms with Crippen LogP contribution in [0.4, 0.5) is 11.4 Å². The third kappa shape index (κ3) is 7.52. The minimum atomic E-state index is -0.481. The van der Waals surface area contributed by atoms with Gasteiger partial charge in [0.05, 0.1) is 5.92 Å². The molecule has 0 bridgehead atoms. The fraction of sp³-hybridized carbons (Fsp3) is 0.333. The van der Waals surface area contributed by atoms with E-state index in [9.17, 15) is 9.59 Å². The SMILES string of the molecule is C=CCCC1CCC(C(=O)Oc2ccc(C=CC(=O)OCc3ccc(N)cc3N)cc2)CC1. The maximum Gasteiger partial charge on any atom is 0.331 e. The molecule has 1 aliphatic rings. The second-order valence-corrected chi connectivity index (χ2v) is 8.47. The van der Waals surface area contributed by atoms with Gasteiger partial charge in [0.2, 0.25) is 0 Å². The lowest BCUT2D eigenvalue weighted by atomic mass is 9.80. The number of ether oxygens (including phenoxy) is 2. The number of anilines is 2. The standard InChI is InChI=1S/C27H32N2O4/c1-2-3-4-19-5-10-21(11-6-19)27(31)33-24-14-7-20(8-15-24)9-16-26(30)32-18-22-12-13-23(28)17-25(22)29/h2,7-9,12-17,19,21H,1,3-6,10-11,18,28-29H2. The summed E-state index contributed by atoms with van der Waals surface area (Å²) in [6.07, 6.45) is 11.0. The average Bonchev–Trinajstić information content (AvgIpc) is 2.82. The fourth-order valence-corrected chi connectivity index (χ4v) is 3.99. The zero-order chi connectivity index (χ0) is 23.6. The smallest absolute Gasteiger partial charge is 0.331 e. The van der Waals surface area contributed by atoms with E-state index < -0.39 is 5.97 Å². The second-order valence-electron chi connectivity index (χ2n) is 8.47. The zero-order valence-electron chi connectivity index (χ0n) is 18.9. The number of carbonyl (C=O) groups is 2. The molecule has 1 fully saturated rings. The van der Waals surface area contributed by atoms with Gasteiger partial charge >= 0.3 is 11.9 Å². The number of allylic oxidation sites excluding steroid dienone is 1. The van der Waals surface area contributed by atoms with Gasteiger partial charge < -0.3 is 20.9 Å². The molecule has 0 radical (unpaired) electrons. The lowest BCUT2D eigenvalue weighted by Gasteiger charge is -2.26. The maximum absolute atomic E-state index is 12.5. The molecule has 1 saturated carbocycles. The van der Waals surface area contributed by atoms with Crippen LogP contribution in [0.3, 0.4) is 0 Å². The molecule has 0 atom stereocenters. The van der Waals surface area contributed by atoms with Crippen molar-refractivity contribution >= 4 is 29.4 Å². The molecule has 0 unspecified atom stereocenters. The predicted octanol–water partition coefficient (Wildman–Crippen LogP) is 5.29. The summed E-state index contributed by atoms with van der Waals surface area (Å²) in [5.74, 6) is 0.520. The van der Waals surface area contributed by atoms with Crippen LogP contribution in [0.5, 0.6) is 5.75 Å². The molecular formula is C27H32N2O4. The topological polar surface area (TPSA) is 105 Å². The Kier molecular flexibility index (Phi) is 8.70. The Morgan fingerprint density at radius 2 is 1.76 bits per heavy atom. The Morgan fingerprint density at radius 3 is 2.42 bits per heavy atom. The van der Waals surface area contributed by atoms with E-state index in [4.69, 9.17) is 20.9 Å². The van der Waals surface area contributed by atoms with Crippen molar-refractivity contribution in [3.63, 3.8) is 0 Å². The molecule has 6 heteroatoms. The summed E-state index contributed by atoms with van der Waals surface area (Å²) in [6, 6.07) is 12.1. The number of carbonyl (C=O) groups excluding carboxylic acids is 2. The average molecular weight is 449 g/mol. The quantitative estimate of drug-likeness (QED) is 0.178. The van der Waals surface area contributed by atoms with Gasteiger partial charge in [0, 0.05) is 23.0 Å². The monoisotopic (exact) mass is 448 g/mol. The van der Waals surface area contributed by atoms with Crippen molar-refractivity contribution in [3.8, 4) is 5.75 Å². The van der Waals surface area contributed by atoms with Gasteiger partial charge in [0.15, 0.2) is 0 Å². The van der Waals surface area contributed by atoms with Crippen molar-refractivity contribution in [2.24, 2.45) is 11.8 Å². The predicted molar refractivity (Wildman–Crippen MR) is 131 cm³/mol. The Hall–Kier alpha value is -3.54. The lowest BCUT2D eigenvalue weighted by molar-refractivity contribution is -0.140. The summed E-state index contributed by atoms with van der Waals surface area (Å²) < 4.78 is 10.8. The van der Waals surface area contributed by atoms with Crippen LogP contribution in [0.15, 0.2) is 61.2 Å². The molecule has 174 valence electrons. The Labute approximate surface area is 195 Å². The van der Waals surface area contributed by atoms with Gasteiger partial charge in [-0.05, 0) is 80.3 Å². The number of hydrogen-bond donors (Lipinski definition) is 2. The zero-order valence-corrected chi connectivity index (χ0v) is 18.9. The Bertz CT molecular complexity index is 990. The van der Waals surface area contributed by atoms with Crippen LogP contribution in [0.25, 0.3) is 6.08 Å². The van der Waals surface area contributed by atoms with Crippen LogP contribution in [0.2, 0.25) is 0 Å². The van der Waals surface area contributed by atoms with Crippen molar-refractivity contribution in [1.82, 2.24) is 0 Å². The van der Waals surface area contributed by atoms with Gasteiger partial charge in [0.25, 0.3) is 0 Å². The van der Waals surface area contributed by atoms with E-state index in [1.165, 1.54) is 6.08 Å². The van der Waals surface area contributed by atoms with Gasteiger partial charge in [-0.25, -0.2) is 4.79 Å². The first-order valence-corrected chi connectivity index (χ1v) is 11.4. The van der Waals surface area contributed by atoms with Crippen LogP contribution in [-0.4, -0.2) is 11.9 Å². The molecular weight excluding hydrogens is 416 g/mol. The van der Waals surface area contributed by atoms with Gasteiger partial charge in [-0.1, -0.05) is 24.3 Å². The van der Waals surface area contributed by atoms with Crippen molar-refractivity contribution in [2.75, 3.05) is 11.5 Å². The van der Waals surface area contributed by atoms with Gasteiger partial charge in [-0.3, -0.25) is 4.79 Å². The Morgan fingerprint density at radius 1 is 1.03 bits per heavy atom. The number of benzene rings is 2. The van der Waals surface area contributed by atoms with Gasteiger partial charge in [0.1, 0.15) is 12.4 Å². The summed E-state index contributed by atoms with van der Waals surface area (Å²) in [5, 5.41) is 0. The summed E-state index contributed by atoms with van der Waals surface area (Å²) in [5.41, 5.74) is 14.1. The molecule has 1 aliphatic carbocycles. The van der Waals surface area contributed by atoms with Crippen molar-refractivity contribution in [3.05, 3.63) is 72.3 Å². The van der Waals surface area contributed by atoms with Gasteiger partial charge in [-0.2, -0.15) is 0 Å². The van der Waals surface area contributed by atoms with Crippen LogP contribution in [0.1, 0.15) is 49.7 Å². The van der Waals surface area contributed by atoms with Crippen LogP contribution in [0, 0.1) is 11.8 Å². The largest absolute Gasteiger partial charge is 0.458 e. The minimum absolute atomic E-state index is 0.0329. The highest BCUT2D eigenvalue weighted by molar-refractivity contribution is 5.87. The highest BCUT2D eigenvalue weighted by atomic mass is 16.5. The van der Waals surface area contributed by atoms with Crippen molar-refractivity contribution < 1.29 is 19.1 Å². The van der Waals surface area contributed by atoms with Gasteiger partial charge in [-0.15, -0.1) is 6.58 Å². The molecule has 33 heavy (non-hydrogen) atoms. The minimum Gasteiger partial charge on any atom is -0.458 e. The molecule has 0 heterocycles. The molecule has 3 rings (SSSR count). The summed E-state index contributed by atoms with van der Waals surface area (Å²) in [6.45, 7) is 3.85. The van der Waals surface area contributed by atoms with E-state index >= 15 is 0 Å². The first-order valence-electron chi connectivity index (χ1n) is 11.4. The molecule has 0 spiro atoms. The third-order valence-electron chi connectivity index (χ3n) is 6.01. The van der Waals surface area contributed by atoms with Crippen LogP contribution < -0.4 is 16.2 Å². The summed E-state index contributed by atoms with van der Waals surface area (Å²) in [4.78, 5) is 24.5. The van der Waals surface area contributed by atoms with E-state index in [2.05, 4.69) is 6.58 Å². The first-order chi connectivity index (χ1) is 15.9. The molecule has 4 N–H and O–H groups in total.